The zero-order valence-electron chi connectivity index (χ0n) is 9.54. The smallest absolute Gasteiger partial charge is 0.201 e. The average Bonchev–Trinajstić information content (AvgIpc) is 2.81. The summed E-state index contributed by atoms with van der Waals surface area (Å²) < 4.78 is 1.71. The van der Waals surface area contributed by atoms with E-state index in [4.69, 9.17) is 0 Å². The van der Waals surface area contributed by atoms with Crippen molar-refractivity contribution >= 4 is 17.6 Å². The highest BCUT2D eigenvalue weighted by molar-refractivity contribution is 5.71. The van der Waals surface area contributed by atoms with E-state index in [1.54, 1.807) is 4.40 Å². The second-order valence-electron chi connectivity index (χ2n) is 4.34. The Labute approximate surface area is 99.1 Å². The van der Waals surface area contributed by atoms with Crippen LogP contribution in [0.2, 0.25) is 0 Å². The van der Waals surface area contributed by atoms with Crippen molar-refractivity contribution in [1.82, 2.24) is 14.6 Å². The van der Waals surface area contributed by atoms with Crippen molar-refractivity contribution in [1.29, 1.82) is 0 Å². The van der Waals surface area contributed by atoms with Crippen molar-refractivity contribution in [2.75, 3.05) is 18.0 Å². The van der Waals surface area contributed by atoms with Gasteiger partial charge >= 0.3 is 0 Å². The molecule has 0 saturated carbocycles. The lowest BCUT2D eigenvalue weighted by atomic mass is 10.1. The molecule has 88 valence electrons. The van der Waals surface area contributed by atoms with Gasteiger partial charge in [-0.2, -0.15) is 0 Å². The minimum atomic E-state index is 0.352. The number of carbonyl (C=O) groups is 1. The minimum absolute atomic E-state index is 0.352. The zero-order valence-corrected chi connectivity index (χ0v) is 9.54. The topological polar surface area (TPSA) is 50.5 Å². The van der Waals surface area contributed by atoms with Crippen LogP contribution in [-0.2, 0) is 0 Å². The van der Waals surface area contributed by atoms with E-state index in [1.807, 2.05) is 18.3 Å². The van der Waals surface area contributed by atoms with Gasteiger partial charge in [-0.05, 0) is 25.3 Å². The SMILES string of the molecule is O=Cc1nnc2cc(N3CCCCC3)ccn12. The van der Waals surface area contributed by atoms with Gasteiger partial charge in [0.15, 0.2) is 11.9 Å². The van der Waals surface area contributed by atoms with E-state index in [-0.39, 0.29) is 0 Å². The number of hydrogen-bond acceptors (Lipinski definition) is 4. The maximum absolute atomic E-state index is 10.7. The molecule has 2 aromatic heterocycles. The number of aldehydes is 1. The van der Waals surface area contributed by atoms with Gasteiger partial charge in [0.25, 0.3) is 0 Å². The van der Waals surface area contributed by atoms with Gasteiger partial charge in [-0.15, -0.1) is 10.2 Å². The molecule has 0 radical (unpaired) electrons. The molecule has 0 unspecified atom stereocenters. The molecule has 0 amide bonds. The Bertz CT molecular complexity index is 542. The average molecular weight is 230 g/mol. The molecule has 2 aromatic rings. The van der Waals surface area contributed by atoms with Crippen LogP contribution in [0.25, 0.3) is 5.65 Å². The number of aromatic nitrogens is 3. The molecule has 0 aromatic carbocycles. The summed E-state index contributed by atoms with van der Waals surface area (Å²) in [5.41, 5.74) is 1.90. The quantitative estimate of drug-likeness (QED) is 0.734. The fourth-order valence-corrected chi connectivity index (χ4v) is 2.33. The minimum Gasteiger partial charge on any atom is -0.371 e. The summed E-state index contributed by atoms with van der Waals surface area (Å²) in [5, 5.41) is 7.83. The fourth-order valence-electron chi connectivity index (χ4n) is 2.33. The second kappa shape index (κ2) is 4.16. The van der Waals surface area contributed by atoms with Gasteiger partial charge in [-0.3, -0.25) is 9.20 Å². The number of pyridine rings is 1. The van der Waals surface area contributed by atoms with E-state index in [9.17, 15) is 4.79 Å². The highest BCUT2D eigenvalue weighted by Crippen LogP contribution is 2.20. The highest BCUT2D eigenvalue weighted by atomic mass is 16.1. The van der Waals surface area contributed by atoms with Crippen molar-refractivity contribution in [3.05, 3.63) is 24.2 Å². The Morgan fingerprint density at radius 3 is 2.76 bits per heavy atom. The lowest BCUT2D eigenvalue weighted by Crippen LogP contribution is -2.29. The van der Waals surface area contributed by atoms with Crippen LogP contribution in [0.15, 0.2) is 18.3 Å². The van der Waals surface area contributed by atoms with Crippen LogP contribution in [0.1, 0.15) is 29.9 Å². The van der Waals surface area contributed by atoms with Gasteiger partial charge in [0.1, 0.15) is 0 Å². The number of rotatable bonds is 2. The van der Waals surface area contributed by atoms with Crippen LogP contribution in [0.5, 0.6) is 0 Å². The summed E-state index contributed by atoms with van der Waals surface area (Å²) in [5.74, 6) is 0.352. The molecule has 0 spiro atoms. The van der Waals surface area contributed by atoms with Gasteiger partial charge < -0.3 is 4.90 Å². The second-order valence-corrected chi connectivity index (χ2v) is 4.34. The lowest BCUT2D eigenvalue weighted by molar-refractivity contribution is 0.111. The molecule has 17 heavy (non-hydrogen) atoms. The number of hydrogen-bond donors (Lipinski definition) is 0. The van der Waals surface area contributed by atoms with Gasteiger partial charge in [0.05, 0.1) is 0 Å². The summed E-state index contributed by atoms with van der Waals surface area (Å²) in [6.45, 7) is 2.20. The van der Waals surface area contributed by atoms with Crippen molar-refractivity contribution in [2.24, 2.45) is 0 Å². The van der Waals surface area contributed by atoms with Gasteiger partial charge in [-0.25, -0.2) is 0 Å². The number of piperidine rings is 1. The predicted octanol–water partition coefficient (Wildman–Crippen LogP) is 1.53. The summed E-state index contributed by atoms with van der Waals surface area (Å²) in [6.07, 6.45) is 6.40. The van der Waals surface area contributed by atoms with E-state index in [2.05, 4.69) is 15.1 Å². The largest absolute Gasteiger partial charge is 0.371 e. The first-order valence-corrected chi connectivity index (χ1v) is 5.93. The molecule has 5 heteroatoms. The summed E-state index contributed by atoms with van der Waals surface area (Å²) in [6, 6.07) is 4.01. The number of anilines is 1. The van der Waals surface area contributed by atoms with Gasteiger partial charge in [-0.1, -0.05) is 0 Å². The molecule has 0 bridgehead atoms. The highest BCUT2D eigenvalue weighted by Gasteiger charge is 2.12. The Morgan fingerprint density at radius 2 is 2.00 bits per heavy atom. The van der Waals surface area contributed by atoms with Crippen LogP contribution in [0, 0.1) is 0 Å². The first-order chi connectivity index (χ1) is 8.38. The molecule has 0 N–H and O–H groups in total. The third kappa shape index (κ3) is 1.77. The third-order valence-electron chi connectivity index (χ3n) is 3.25. The standard InChI is InChI=1S/C12H14N4O/c17-9-12-14-13-11-8-10(4-7-16(11)12)15-5-2-1-3-6-15/h4,7-9H,1-3,5-6H2. The lowest BCUT2D eigenvalue weighted by Gasteiger charge is -2.28. The molecule has 1 aliphatic rings. The molecule has 5 nitrogen and oxygen atoms in total. The van der Waals surface area contributed by atoms with Crippen LogP contribution >= 0.6 is 0 Å². The fraction of sp³-hybridized carbons (Fsp3) is 0.417. The molecular formula is C12H14N4O. The molecule has 3 rings (SSSR count). The van der Waals surface area contributed by atoms with Crippen molar-refractivity contribution < 1.29 is 4.79 Å². The molecule has 0 atom stereocenters. The molecule has 1 aliphatic heterocycles. The van der Waals surface area contributed by atoms with Crippen LogP contribution in [0.3, 0.4) is 0 Å². The van der Waals surface area contributed by atoms with E-state index < -0.39 is 0 Å². The van der Waals surface area contributed by atoms with E-state index in [0.29, 0.717) is 5.82 Å². The van der Waals surface area contributed by atoms with E-state index in [0.717, 1.165) is 25.0 Å². The Kier molecular flexibility index (Phi) is 2.51. The van der Waals surface area contributed by atoms with Crippen LogP contribution < -0.4 is 4.90 Å². The third-order valence-corrected chi connectivity index (χ3v) is 3.25. The van der Waals surface area contributed by atoms with Gasteiger partial charge in [0, 0.05) is 31.0 Å². The van der Waals surface area contributed by atoms with Crippen molar-refractivity contribution in [2.45, 2.75) is 19.3 Å². The number of nitrogens with zero attached hydrogens (tertiary/aromatic N) is 4. The number of carbonyl (C=O) groups excluding carboxylic acids is 1. The normalized spacial score (nSPS) is 16.4. The monoisotopic (exact) mass is 230 g/mol. The van der Waals surface area contributed by atoms with Gasteiger partial charge in [0.2, 0.25) is 5.82 Å². The van der Waals surface area contributed by atoms with Crippen molar-refractivity contribution in [3.63, 3.8) is 0 Å². The molecule has 1 fully saturated rings. The summed E-state index contributed by atoms with van der Waals surface area (Å²) >= 11 is 0. The van der Waals surface area contributed by atoms with Crippen LogP contribution in [0.4, 0.5) is 5.69 Å². The maximum Gasteiger partial charge on any atom is 0.201 e. The molecular weight excluding hydrogens is 216 g/mol. The Hall–Kier alpha value is -1.91. The predicted molar refractivity (Wildman–Crippen MR) is 64.4 cm³/mol. The molecule has 1 saturated heterocycles. The molecule has 0 aliphatic carbocycles. The first-order valence-electron chi connectivity index (χ1n) is 5.93. The Morgan fingerprint density at radius 1 is 1.18 bits per heavy atom. The zero-order chi connectivity index (χ0) is 11.7. The van der Waals surface area contributed by atoms with Crippen molar-refractivity contribution in [3.8, 4) is 0 Å². The number of fused-ring (bicyclic) bond motifs is 1. The molecule has 3 heterocycles. The summed E-state index contributed by atoms with van der Waals surface area (Å²) in [7, 11) is 0. The Balaban J connectivity index is 1.98. The van der Waals surface area contributed by atoms with E-state index in [1.165, 1.54) is 24.9 Å². The first kappa shape index (κ1) is 10.3. The van der Waals surface area contributed by atoms with E-state index >= 15 is 0 Å². The van der Waals surface area contributed by atoms with Crippen LogP contribution in [-0.4, -0.2) is 34.0 Å². The summed E-state index contributed by atoms with van der Waals surface area (Å²) in [4.78, 5) is 13.1. The maximum atomic E-state index is 10.7.